The maximum absolute atomic E-state index is 12.1. The zero-order valence-electron chi connectivity index (χ0n) is 13.3. The van der Waals surface area contributed by atoms with Gasteiger partial charge in [-0.2, -0.15) is 0 Å². The molecule has 1 N–H and O–H groups in total. The average Bonchev–Trinajstić information content (AvgIpc) is 2.48. The van der Waals surface area contributed by atoms with Crippen molar-refractivity contribution in [3.8, 4) is 0 Å². The predicted octanol–water partition coefficient (Wildman–Crippen LogP) is 2.53. The lowest BCUT2D eigenvalue weighted by Crippen LogP contribution is -2.39. The van der Waals surface area contributed by atoms with Gasteiger partial charge in [0.1, 0.15) is 0 Å². The van der Waals surface area contributed by atoms with E-state index in [9.17, 15) is 9.59 Å². The summed E-state index contributed by atoms with van der Waals surface area (Å²) in [6.45, 7) is 6.73. The van der Waals surface area contributed by atoms with Crippen molar-refractivity contribution in [2.75, 3.05) is 31.6 Å². The number of rotatable bonds is 5. The van der Waals surface area contributed by atoms with E-state index in [1.807, 2.05) is 0 Å². The van der Waals surface area contributed by atoms with Crippen molar-refractivity contribution in [3.05, 3.63) is 29.8 Å². The molecule has 1 amide bonds. The van der Waals surface area contributed by atoms with Gasteiger partial charge < -0.3 is 10.1 Å². The Morgan fingerprint density at radius 2 is 2.05 bits per heavy atom. The quantitative estimate of drug-likeness (QED) is 0.849. The van der Waals surface area contributed by atoms with Crippen LogP contribution in [0.3, 0.4) is 0 Å². The largest absolute Gasteiger partial charge is 0.462 e. The summed E-state index contributed by atoms with van der Waals surface area (Å²) in [7, 11) is 0. The SMILES string of the molecule is CCOC(=O)c1ccc(NC(=O)CN2CCCC(C)C2)cc1. The molecule has 1 unspecified atom stereocenters. The minimum absolute atomic E-state index is 0.0158. The summed E-state index contributed by atoms with van der Waals surface area (Å²) in [5.41, 5.74) is 1.19. The number of piperidine rings is 1. The molecule has 0 spiro atoms. The third-order valence-electron chi connectivity index (χ3n) is 3.79. The van der Waals surface area contributed by atoms with E-state index in [-0.39, 0.29) is 11.9 Å². The molecule has 120 valence electrons. The van der Waals surface area contributed by atoms with Crippen LogP contribution in [0.4, 0.5) is 5.69 Å². The molecule has 1 atom stereocenters. The molecule has 0 bridgehead atoms. The van der Waals surface area contributed by atoms with Crippen LogP contribution in [0.5, 0.6) is 0 Å². The highest BCUT2D eigenvalue weighted by molar-refractivity contribution is 5.94. The first kappa shape index (κ1) is 16.5. The molecule has 0 radical (unpaired) electrons. The van der Waals surface area contributed by atoms with Crippen molar-refractivity contribution in [1.82, 2.24) is 4.90 Å². The minimum Gasteiger partial charge on any atom is -0.462 e. The normalized spacial score (nSPS) is 18.7. The lowest BCUT2D eigenvalue weighted by atomic mass is 10.0. The Morgan fingerprint density at radius 3 is 2.68 bits per heavy atom. The summed E-state index contributed by atoms with van der Waals surface area (Å²) in [6, 6.07) is 6.78. The number of likely N-dealkylation sites (tertiary alicyclic amines) is 1. The molecule has 1 aliphatic rings. The number of amides is 1. The Morgan fingerprint density at radius 1 is 1.32 bits per heavy atom. The topological polar surface area (TPSA) is 58.6 Å². The second-order valence-corrected chi connectivity index (χ2v) is 5.83. The van der Waals surface area contributed by atoms with Gasteiger partial charge in [0.05, 0.1) is 18.7 Å². The third kappa shape index (κ3) is 4.84. The van der Waals surface area contributed by atoms with Crippen molar-refractivity contribution in [1.29, 1.82) is 0 Å². The Hall–Kier alpha value is -1.88. The third-order valence-corrected chi connectivity index (χ3v) is 3.79. The fourth-order valence-electron chi connectivity index (χ4n) is 2.74. The van der Waals surface area contributed by atoms with Gasteiger partial charge in [0.25, 0.3) is 0 Å². The summed E-state index contributed by atoms with van der Waals surface area (Å²) in [4.78, 5) is 25.8. The second-order valence-electron chi connectivity index (χ2n) is 5.83. The molecule has 5 nitrogen and oxygen atoms in total. The van der Waals surface area contributed by atoms with Gasteiger partial charge in [0, 0.05) is 12.2 Å². The van der Waals surface area contributed by atoms with Crippen LogP contribution in [0.2, 0.25) is 0 Å². The molecule has 5 heteroatoms. The molecular weight excluding hydrogens is 280 g/mol. The smallest absolute Gasteiger partial charge is 0.338 e. The number of anilines is 1. The lowest BCUT2D eigenvalue weighted by Gasteiger charge is -2.30. The first-order valence-electron chi connectivity index (χ1n) is 7.88. The van der Waals surface area contributed by atoms with Crippen molar-refractivity contribution >= 4 is 17.6 Å². The average molecular weight is 304 g/mol. The van der Waals surface area contributed by atoms with Gasteiger partial charge in [-0.1, -0.05) is 6.92 Å². The van der Waals surface area contributed by atoms with Crippen LogP contribution in [-0.4, -0.2) is 43.0 Å². The van der Waals surface area contributed by atoms with E-state index >= 15 is 0 Å². The van der Waals surface area contributed by atoms with E-state index in [2.05, 4.69) is 17.1 Å². The molecule has 1 heterocycles. The molecule has 1 aromatic rings. The molecular formula is C17H24N2O3. The van der Waals surface area contributed by atoms with Crippen molar-refractivity contribution < 1.29 is 14.3 Å². The lowest BCUT2D eigenvalue weighted by molar-refractivity contribution is -0.117. The summed E-state index contributed by atoms with van der Waals surface area (Å²) in [5, 5.41) is 2.87. The highest BCUT2D eigenvalue weighted by atomic mass is 16.5. The molecule has 1 fully saturated rings. The fraction of sp³-hybridized carbons (Fsp3) is 0.529. The Bertz CT molecular complexity index is 513. The number of carbonyl (C=O) groups excluding carboxylic acids is 2. The van der Waals surface area contributed by atoms with E-state index < -0.39 is 0 Å². The van der Waals surface area contributed by atoms with E-state index in [1.54, 1.807) is 31.2 Å². The zero-order valence-corrected chi connectivity index (χ0v) is 13.3. The highest BCUT2D eigenvalue weighted by Gasteiger charge is 2.18. The number of hydrogen-bond donors (Lipinski definition) is 1. The van der Waals surface area contributed by atoms with Gasteiger partial charge in [-0.3, -0.25) is 9.69 Å². The number of nitrogens with zero attached hydrogens (tertiary/aromatic N) is 1. The predicted molar refractivity (Wildman–Crippen MR) is 85.9 cm³/mol. The van der Waals surface area contributed by atoms with Gasteiger partial charge in [-0.15, -0.1) is 0 Å². The van der Waals surface area contributed by atoms with Crippen LogP contribution in [-0.2, 0) is 9.53 Å². The Balaban J connectivity index is 1.85. The monoisotopic (exact) mass is 304 g/mol. The number of esters is 1. The van der Waals surface area contributed by atoms with Gasteiger partial charge in [0.2, 0.25) is 5.91 Å². The number of carbonyl (C=O) groups is 2. The molecule has 0 aromatic heterocycles. The van der Waals surface area contributed by atoms with Crippen molar-refractivity contribution in [3.63, 3.8) is 0 Å². The first-order valence-corrected chi connectivity index (χ1v) is 7.88. The minimum atomic E-state index is -0.345. The maximum atomic E-state index is 12.1. The number of benzene rings is 1. The van der Waals surface area contributed by atoms with Crippen LogP contribution in [0.25, 0.3) is 0 Å². The maximum Gasteiger partial charge on any atom is 0.338 e. The second kappa shape index (κ2) is 7.94. The van der Waals surface area contributed by atoms with E-state index in [1.165, 1.54) is 6.42 Å². The highest BCUT2D eigenvalue weighted by Crippen LogP contribution is 2.15. The molecule has 1 aromatic carbocycles. The van der Waals surface area contributed by atoms with Crippen LogP contribution in [0.1, 0.15) is 37.0 Å². The van der Waals surface area contributed by atoms with E-state index in [4.69, 9.17) is 4.74 Å². The summed E-state index contributed by atoms with van der Waals surface area (Å²) < 4.78 is 4.93. The van der Waals surface area contributed by atoms with Crippen LogP contribution in [0.15, 0.2) is 24.3 Å². The van der Waals surface area contributed by atoms with Crippen LogP contribution < -0.4 is 5.32 Å². The molecule has 1 aliphatic heterocycles. The van der Waals surface area contributed by atoms with Crippen LogP contribution >= 0.6 is 0 Å². The van der Waals surface area contributed by atoms with Crippen LogP contribution in [0, 0.1) is 5.92 Å². The molecule has 0 saturated carbocycles. The number of nitrogens with one attached hydrogen (secondary N) is 1. The van der Waals surface area contributed by atoms with Gasteiger partial charge in [0.15, 0.2) is 0 Å². The zero-order chi connectivity index (χ0) is 15.9. The van der Waals surface area contributed by atoms with Gasteiger partial charge >= 0.3 is 5.97 Å². The van der Waals surface area contributed by atoms with Gasteiger partial charge in [-0.05, 0) is 56.5 Å². The van der Waals surface area contributed by atoms with Gasteiger partial charge in [-0.25, -0.2) is 4.79 Å². The van der Waals surface area contributed by atoms with Crippen molar-refractivity contribution in [2.45, 2.75) is 26.7 Å². The Labute approximate surface area is 131 Å². The summed E-state index contributed by atoms with van der Waals surface area (Å²) in [5.74, 6) is 0.297. The van der Waals surface area contributed by atoms with Crippen molar-refractivity contribution in [2.24, 2.45) is 5.92 Å². The first-order chi connectivity index (χ1) is 10.6. The molecule has 22 heavy (non-hydrogen) atoms. The molecule has 0 aliphatic carbocycles. The van der Waals surface area contributed by atoms with E-state index in [0.29, 0.717) is 30.3 Å². The number of ether oxygens (including phenoxy) is 1. The van der Waals surface area contributed by atoms with E-state index in [0.717, 1.165) is 19.5 Å². The standard InChI is InChI=1S/C17H24N2O3/c1-3-22-17(21)14-6-8-15(9-7-14)18-16(20)12-19-10-4-5-13(2)11-19/h6-9,13H,3-5,10-12H2,1-2H3,(H,18,20). The number of hydrogen-bond acceptors (Lipinski definition) is 4. The summed E-state index contributed by atoms with van der Waals surface area (Å²) in [6.07, 6.45) is 2.40. The summed E-state index contributed by atoms with van der Waals surface area (Å²) >= 11 is 0. The molecule has 1 saturated heterocycles. The fourth-order valence-corrected chi connectivity index (χ4v) is 2.74. The molecule has 2 rings (SSSR count). The Kier molecular flexibility index (Phi) is 5.95.